The molecule has 35 heavy (non-hydrogen) atoms. The molecule has 7 aliphatic rings. The Hall–Kier alpha value is -0.300. The first-order chi connectivity index (χ1) is 16.0. The molecule has 0 aromatic rings. The van der Waals surface area contributed by atoms with Crippen molar-refractivity contribution in [2.75, 3.05) is 0 Å². The van der Waals surface area contributed by atoms with Crippen LogP contribution in [-0.2, 0) is 4.74 Å². The van der Waals surface area contributed by atoms with Crippen molar-refractivity contribution in [1.29, 1.82) is 0 Å². The molecule has 11 atom stereocenters. The van der Waals surface area contributed by atoms with Gasteiger partial charge < -0.3 is 20.1 Å². The van der Waals surface area contributed by atoms with Crippen LogP contribution < -0.4 is 0 Å². The number of ether oxygens (including phenoxy) is 1. The molecule has 0 aromatic heterocycles. The average molecular weight is 495 g/mol. The van der Waals surface area contributed by atoms with Crippen molar-refractivity contribution in [3.05, 3.63) is 0 Å². The molecule has 0 unspecified atom stereocenters. The first-order valence-electron chi connectivity index (χ1n) is 14.2. The minimum atomic E-state index is -2.74. The monoisotopic (exact) mass is 494 g/mol. The van der Waals surface area contributed by atoms with Gasteiger partial charge in [-0.05, 0) is 99.2 Å². The van der Waals surface area contributed by atoms with Gasteiger partial charge in [0.15, 0.2) is 0 Å². The maximum absolute atomic E-state index is 15.1. The molecule has 7 fully saturated rings. The van der Waals surface area contributed by atoms with Gasteiger partial charge in [-0.3, -0.25) is 0 Å². The lowest BCUT2D eigenvalue weighted by Gasteiger charge is -2.70. The van der Waals surface area contributed by atoms with Crippen LogP contribution in [0.3, 0.4) is 0 Å². The Labute approximate surface area is 208 Å². The van der Waals surface area contributed by atoms with E-state index in [1.807, 2.05) is 13.8 Å². The highest BCUT2D eigenvalue weighted by atomic mass is 19.3. The number of rotatable bonds is 1. The number of aliphatic hydroxyl groups is 3. The van der Waals surface area contributed by atoms with Crippen LogP contribution in [0.25, 0.3) is 0 Å². The molecule has 0 radical (unpaired) electrons. The van der Waals surface area contributed by atoms with Crippen molar-refractivity contribution in [2.24, 2.45) is 44.8 Å². The number of fused-ring (bicyclic) bond motifs is 2. The third-order valence-electron chi connectivity index (χ3n) is 13.9. The zero-order chi connectivity index (χ0) is 25.2. The zero-order valence-electron chi connectivity index (χ0n) is 22.0. The summed E-state index contributed by atoms with van der Waals surface area (Å²) in [5.74, 6) is -2.76. The molecule has 4 nitrogen and oxygen atoms in total. The standard InChI is InChI=1S/C29H44F2O4/c1-22(2)20-16(32)12-18-24(5)13-17(33)21-26(24,15-28(21)7-6-19(35-28)23(3,4)34)9-8-25(18)14-27(20,25)10-11-29(22,30)31/h16-21,32-34H,6-15H2,1-5H3/t16-,17-,18-,19-,20-,21-,24-,25-,26-,27+,28-/m0/s1. The first kappa shape index (κ1) is 23.8. The van der Waals surface area contributed by atoms with Crippen LogP contribution in [0.1, 0.15) is 98.8 Å². The van der Waals surface area contributed by atoms with Gasteiger partial charge in [0.1, 0.15) is 0 Å². The molecule has 7 rings (SSSR count). The van der Waals surface area contributed by atoms with E-state index in [-0.39, 0.29) is 57.5 Å². The van der Waals surface area contributed by atoms with Crippen molar-refractivity contribution in [3.8, 4) is 0 Å². The number of alkyl halides is 2. The van der Waals surface area contributed by atoms with Gasteiger partial charge in [0.25, 0.3) is 5.92 Å². The summed E-state index contributed by atoms with van der Waals surface area (Å²) in [6.45, 7) is 9.38. The van der Waals surface area contributed by atoms with E-state index in [1.54, 1.807) is 13.8 Å². The Morgan fingerprint density at radius 2 is 1.49 bits per heavy atom. The van der Waals surface area contributed by atoms with Crippen molar-refractivity contribution >= 4 is 0 Å². The van der Waals surface area contributed by atoms with Crippen LogP contribution in [0.15, 0.2) is 0 Å². The molecule has 198 valence electrons. The van der Waals surface area contributed by atoms with Crippen LogP contribution in [0.4, 0.5) is 8.78 Å². The lowest BCUT2D eigenvalue weighted by atomic mass is 9.35. The SMILES string of the molecule is CC(C)(O)[C@@H]1CC[C@@]2(C[C@]34CC[C@@]56C[C@@]57CCC(F)(F)C(C)(C)[C@@H]7[C@@H](O)C[C@H]6[C@]3(C)C[C@H](O)[C@H]24)O1. The number of hydrogen-bond donors (Lipinski definition) is 3. The molecule has 1 aliphatic heterocycles. The fraction of sp³-hybridized carbons (Fsp3) is 1.00. The van der Waals surface area contributed by atoms with Gasteiger partial charge in [-0.2, -0.15) is 0 Å². The van der Waals surface area contributed by atoms with Crippen LogP contribution in [0, 0.1) is 44.8 Å². The maximum Gasteiger partial charge on any atom is 0.253 e. The summed E-state index contributed by atoms with van der Waals surface area (Å²) < 4.78 is 36.8. The summed E-state index contributed by atoms with van der Waals surface area (Å²) in [7, 11) is 0. The lowest BCUT2D eigenvalue weighted by molar-refractivity contribution is -0.295. The van der Waals surface area contributed by atoms with E-state index in [0.717, 1.165) is 44.9 Å². The average Bonchev–Trinajstić information content (AvgIpc) is 3.02. The largest absolute Gasteiger partial charge is 0.393 e. The third kappa shape index (κ3) is 2.32. The van der Waals surface area contributed by atoms with Gasteiger partial charge in [-0.25, -0.2) is 8.78 Å². The van der Waals surface area contributed by atoms with E-state index in [9.17, 15) is 15.3 Å². The Balaban J connectivity index is 1.24. The lowest BCUT2D eigenvalue weighted by Crippen LogP contribution is -2.70. The smallest absolute Gasteiger partial charge is 0.253 e. The van der Waals surface area contributed by atoms with Crippen molar-refractivity contribution in [2.45, 2.75) is 134 Å². The highest BCUT2D eigenvalue weighted by Crippen LogP contribution is 2.92. The van der Waals surface area contributed by atoms with Crippen LogP contribution in [-0.4, -0.2) is 50.8 Å². The first-order valence-corrected chi connectivity index (χ1v) is 14.2. The minimum absolute atomic E-state index is 0.0126. The zero-order valence-corrected chi connectivity index (χ0v) is 22.0. The highest BCUT2D eigenvalue weighted by molar-refractivity contribution is 5.36. The summed E-state index contributed by atoms with van der Waals surface area (Å²) in [6, 6.07) is 0. The molecule has 6 aliphatic carbocycles. The van der Waals surface area contributed by atoms with Gasteiger partial charge >= 0.3 is 0 Å². The van der Waals surface area contributed by atoms with Crippen molar-refractivity contribution in [3.63, 3.8) is 0 Å². The quantitative estimate of drug-likeness (QED) is 0.476. The normalized spacial score (nSPS) is 61.2. The number of halogens is 2. The highest BCUT2D eigenvalue weighted by Gasteiger charge is 2.89. The molecular weight excluding hydrogens is 450 g/mol. The van der Waals surface area contributed by atoms with E-state index in [2.05, 4.69) is 6.92 Å². The van der Waals surface area contributed by atoms with Gasteiger partial charge in [-0.1, -0.05) is 20.8 Å². The second kappa shape index (κ2) is 6.13. The van der Waals surface area contributed by atoms with E-state index in [0.29, 0.717) is 12.8 Å². The van der Waals surface area contributed by atoms with E-state index in [4.69, 9.17) is 4.74 Å². The third-order valence-corrected chi connectivity index (χ3v) is 13.9. The topological polar surface area (TPSA) is 69.9 Å². The van der Waals surface area contributed by atoms with E-state index < -0.39 is 29.1 Å². The number of aliphatic hydroxyl groups excluding tert-OH is 2. The summed E-state index contributed by atoms with van der Waals surface area (Å²) >= 11 is 0. The summed E-state index contributed by atoms with van der Waals surface area (Å²) in [4.78, 5) is 0. The Kier molecular flexibility index (Phi) is 4.16. The Bertz CT molecular complexity index is 976. The van der Waals surface area contributed by atoms with Gasteiger partial charge in [-0.15, -0.1) is 0 Å². The fourth-order valence-electron chi connectivity index (χ4n) is 12.6. The van der Waals surface area contributed by atoms with E-state index >= 15 is 8.78 Å². The van der Waals surface area contributed by atoms with Gasteiger partial charge in [0.2, 0.25) is 0 Å². The van der Waals surface area contributed by atoms with Crippen molar-refractivity contribution in [1.82, 2.24) is 0 Å². The predicted molar refractivity (Wildman–Crippen MR) is 127 cm³/mol. The van der Waals surface area contributed by atoms with Crippen LogP contribution in [0.5, 0.6) is 0 Å². The molecule has 1 heterocycles. The summed E-state index contributed by atoms with van der Waals surface area (Å²) in [5.41, 5.74) is -2.71. The molecule has 6 heteroatoms. The second-order valence-corrected chi connectivity index (χ2v) is 15.6. The molecule has 0 bridgehead atoms. The van der Waals surface area contributed by atoms with Crippen molar-refractivity contribution < 1.29 is 28.8 Å². The molecular formula is C29H44F2O4. The fourth-order valence-corrected chi connectivity index (χ4v) is 12.6. The predicted octanol–water partition coefficient (Wildman–Crippen LogP) is 5.07. The Morgan fingerprint density at radius 1 is 0.829 bits per heavy atom. The summed E-state index contributed by atoms with van der Waals surface area (Å²) in [6.07, 6.45) is 6.06. The maximum atomic E-state index is 15.1. The van der Waals surface area contributed by atoms with E-state index in [1.165, 1.54) is 0 Å². The molecule has 6 saturated carbocycles. The molecule has 0 aromatic carbocycles. The second-order valence-electron chi connectivity index (χ2n) is 15.6. The van der Waals surface area contributed by atoms with Gasteiger partial charge in [0, 0.05) is 23.7 Å². The molecule has 0 amide bonds. The number of hydrogen-bond acceptors (Lipinski definition) is 4. The molecule has 4 spiro atoms. The minimum Gasteiger partial charge on any atom is -0.393 e. The van der Waals surface area contributed by atoms with Crippen LogP contribution >= 0.6 is 0 Å². The Morgan fingerprint density at radius 3 is 2.14 bits per heavy atom. The van der Waals surface area contributed by atoms with Crippen LogP contribution in [0.2, 0.25) is 0 Å². The van der Waals surface area contributed by atoms with Gasteiger partial charge in [0.05, 0.1) is 29.5 Å². The molecule has 3 N–H and O–H groups in total. The summed E-state index contributed by atoms with van der Waals surface area (Å²) in [5, 5.41) is 33.7. The molecule has 1 saturated heterocycles.